The van der Waals surface area contributed by atoms with Crippen LogP contribution in [0.3, 0.4) is 0 Å². The van der Waals surface area contributed by atoms with Crippen LogP contribution in [-0.4, -0.2) is 33.3 Å². The minimum absolute atomic E-state index is 0.332. The number of para-hydroxylation sites is 1. The van der Waals surface area contributed by atoms with Crippen molar-refractivity contribution in [2.75, 3.05) is 6.61 Å². The topological polar surface area (TPSA) is 81.7 Å². The Labute approximate surface area is 177 Å². The van der Waals surface area contributed by atoms with Crippen molar-refractivity contribution in [1.82, 2.24) is 14.5 Å². The van der Waals surface area contributed by atoms with E-state index in [1.54, 1.807) is 28.9 Å². The molecular formula is C24H17N5O2. The van der Waals surface area contributed by atoms with E-state index in [0.717, 1.165) is 21.5 Å². The fraction of sp³-hybridized carbons (Fsp3) is 0.0417. The molecule has 0 saturated heterocycles. The Bertz CT molecular complexity index is 1470. The molecule has 150 valence electrons. The van der Waals surface area contributed by atoms with Crippen LogP contribution in [-0.2, 0) is 0 Å². The highest BCUT2D eigenvalue weighted by Crippen LogP contribution is 2.25. The Balaban J connectivity index is 1.78. The zero-order valence-corrected chi connectivity index (χ0v) is 16.4. The minimum atomic E-state index is -0.338. The monoisotopic (exact) mass is 407 g/mol. The molecular weight excluding hydrogens is 390 g/mol. The van der Waals surface area contributed by atoms with Gasteiger partial charge < -0.3 is 9.30 Å². The molecule has 0 saturated carbocycles. The van der Waals surface area contributed by atoms with Gasteiger partial charge in [-0.3, -0.25) is 4.79 Å². The van der Waals surface area contributed by atoms with E-state index in [9.17, 15) is 4.79 Å². The van der Waals surface area contributed by atoms with Gasteiger partial charge >= 0.3 is 0 Å². The number of nitrogens with zero attached hydrogens (tertiary/aromatic N) is 5. The summed E-state index contributed by atoms with van der Waals surface area (Å²) in [6.07, 6.45) is 10.1. The summed E-state index contributed by atoms with van der Waals surface area (Å²) >= 11 is 0. The number of carbonyl (C=O) groups is 1. The number of aliphatic imine (C=N–C) groups is 1. The van der Waals surface area contributed by atoms with Crippen LogP contribution in [0.1, 0.15) is 10.5 Å². The van der Waals surface area contributed by atoms with Crippen LogP contribution in [0.4, 0.5) is 5.82 Å². The largest absolute Gasteiger partial charge is 0.490 e. The average molecular weight is 407 g/mol. The molecule has 4 aromatic rings. The first-order chi connectivity index (χ1) is 15.3. The fourth-order valence-corrected chi connectivity index (χ4v) is 3.29. The summed E-state index contributed by atoms with van der Waals surface area (Å²) in [5, 5.41) is 2.34. The van der Waals surface area contributed by atoms with Crippen LogP contribution in [0.25, 0.3) is 17.1 Å². The lowest BCUT2D eigenvalue weighted by Crippen LogP contribution is -2.25. The highest BCUT2D eigenvalue weighted by Gasteiger charge is 2.08. The van der Waals surface area contributed by atoms with E-state index in [0.29, 0.717) is 23.9 Å². The summed E-state index contributed by atoms with van der Waals surface area (Å²) in [7, 11) is 0. The number of hydrogen-bond acceptors (Lipinski definition) is 5. The molecule has 1 aliphatic heterocycles. The van der Waals surface area contributed by atoms with Crippen molar-refractivity contribution in [1.29, 1.82) is 0 Å². The van der Waals surface area contributed by atoms with Crippen LogP contribution in [0.2, 0.25) is 0 Å². The zero-order chi connectivity index (χ0) is 21.0. The van der Waals surface area contributed by atoms with Gasteiger partial charge in [0, 0.05) is 29.2 Å². The second-order valence-corrected chi connectivity index (χ2v) is 6.80. The predicted molar refractivity (Wildman–Crippen MR) is 118 cm³/mol. The molecule has 0 fully saturated rings. The summed E-state index contributed by atoms with van der Waals surface area (Å²) in [6.45, 7) is 0.332. The molecule has 2 aromatic carbocycles. The number of allylic oxidation sites excluding steroid dienone is 1. The van der Waals surface area contributed by atoms with Crippen LogP contribution in [0, 0.1) is 0 Å². The van der Waals surface area contributed by atoms with Crippen LogP contribution in [0.5, 0.6) is 5.75 Å². The SMILES string of the molecule is O=C1/N=C\C=C/COc2ccc3ncnc(c3c2)/N=c2\cccc\c2=C/n2cccc21. The zero-order valence-electron chi connectivity index (χ0n) is 16.4. The number of hydrogen-bond donors (Lipinski definition) is 0. The van der Waals surface area contributed by atoms with Crippen molar-refractivity contribution in [3.63, 3.8) is 0 Å². The number of ether oxygens (including phenoxy) is 1. The summed E-state index contributed by atoms with van der Waals surface area (Å²) in [5.41, 5.74) is 1.23. The van der Waals surface area contributed by atoms with Crippen molar-refractivity contribution in [2.24, 2.45) is 9.98 Å². The molecule has 7 heteroatoms. The number of fused-ring (bicyclic) bond motifs is 3. The third kappa shape index (κ3) is 3.89. The van der Waals surface area contributed by atoms with Gasteiger partial charge in [0.15, 0.2) is 5.82 Å². The van der Waals surface area contributed by atoms with Crippen LogP contribution >= 0.6 is 0 Å². The lowest BCUT2D eigenvalue weighted by atomic mass is 10.2. The van der Waals surface area contributed by atoms with Gasteiger partial charge in [0.2, 0.25) is 0 Å². The molecule has 0 radical (unpaired) electrons. The Morgan fingerprint density at radius 3 is 2.90 bits per heavy atom. The first kappa shape index (κ1) is 18.6. The van der Waals surface area contributed by atoms with Crippen molar-refractivity contribution in [2.45, 2.75) is 0 Å². The van der Waals surface area contributed by atoms with Crippen molar-refractivity contribution < 1.29 is 9.53 Å². The maximum atomic E-state index is 12.5. The first-order valence-electron chi connectivity index (χ1n) is 9.71. The molecule has 1 aliphatic rings. The molecule has 0 atom stereocenters. The average Bonchev–Trinajstić information content (AvgIpc) is 3.25. The number of aromatic nitrogens is 3. The Morgan fingerprint density at radius 2 is 1.94 bits per heavy atom. The summed E-state index contributed by atoms with van der Waals surface area (Å²) in [5.74, 6) is 0.884. The number of benzene rings is 2. The predicted octanol–water partition coefficient (Wildman–Crippen LogP) is 2.83. The summed E-state index contributed by atoms with van der Waals surface area (Å²) in [4.78, 5) is 30.1. The van der Waals surface area contributed by atoms with E-state index in [2.05, 4.69) is 15.0 Å². The maximum Gasteiger partial charge on any atom is 0.293 e. The Hall–Kier alpha value is -4.39. The number of rotatable bonds is 0. The van der Waals surface area contributed by atoms with Gasteiger partial charge in [-0.15, -0.1) is 0 Å². The van der Waals surface area contributed by atoms with E-state index < -0.39 is 0 Å². The van der Waals surface area contributed by atoms with Crippen molar-refractivity contribution >= 4 is 35.0 Å². The highest BCUT2D eigenvalue weighted by molar-refractivity contribution is 5.99. The third-order valence-corrected chi connectivity index (χ3v) is 4.79. The normalized spacial score (nSPS) is 17.9. The minimum Gasteiger partial charge on any atom is -0.490 e. The quantitative estimate of drug-likeness (QED) is 0.449. The third-order valence-electron chi connectivity index (χ3n) is 4.79. The second-order valence-electron chi connectivity index (χ2n) is 6.80. The standard InChI is InChI=1S/C24H17N5O2/c30-24-22-8-5-12-29(22)15-17-6-1-2-7-20(17)28-23-19-14-18(31-13-4-3-11-25-24)9-10-21(19)26-16-27-23/h1-12,14-16H,13H2/b4-3-,17-15+,25-11-,28-20+. The summed E-state index contributed by atoms with van der Waals surface area (Å²) in [6, 6.07) is 16.8. The van der Waals surface area contributed by atoms with Gasteiger partial charge in [0.25, 0.3) is 5.91 Å². The van der Waals surface area contributed by atoms with E-state index in [1.165, 1.54) is 12.5 Å². The number of carbonyl (C=O) groups excluding carboxylic acids is 1. The first-order valence-corrected chi connectivity index (χ1v) is 9.71. The molecule has 5 rings (SSSR count). The number of amides is 1. The molecule has 2 bridgehead atoms. The molecule has 31 heavy (non-hydrogen) atoms. The van der Waals surface area contributed by atoms with Crippen molar-refractivity contribution in [3.05, 3.63) is 95.5 Å². The second kappa shape index (κ2) is 8.16. The molecule has 0 spiro atoms. The molecule has 0 unspecified atom stereocenters. The molecule has 3 heterocycles. The van der Waals surface area contributed by atoms with Crippen LogP contribution < -0.4 is 15.3 Å². The van der Waals surface area contributed by atoms with Crippen LogP contribution in [0.15, 0.2) is 89.3 Å². The van der Waals surface area contributed by atoms with Gasteiger partial charge in [-0.2, -0.15) is 0 Å². The van der Waals surface area contributed by atoms with Gasteiger partial charge in [-0.25, -0.2) is 20.0 Å². The smallest absolute Gasteiger partial charge is 0.293 e. The van der Waals surface area contributed by atoms with E-state index in [-0.39, 0.29) is 5.91 Å². The van der Waals surface area contributed by atoms with Gasteiger partial charge in [0.1, 0.15) is 24.4 Å². The van der Waals surface area contributed by atoms with E-state index in [4.69, 9.17) is 9.73 Å². The fourth-order valence-electron chi connectivity index (χ4n) is 3.29. The Kier molecular flexibility index (Phi) is 4.90. The van der Waals surface area contributed by atoms with E-state index in [1.807, 2.05) is 54.9 Å². The molecule has 2 aromatic heterocycles. The lowest BCUT2D eigenvalue weighted by molar-refractivity contribution is 0.0997. The molecule has 0 N–H and O–H groups in total. The summed E-state index contributed by atoms with van der Waals surface area (Å²) < 4.78 is 7.54. The van der Waals surface area contributed by atoms with Gasteiger partial charge in [-0.1, -0.05) is 18.2 Å². The molecule has 1 amide bonds. The Morgan fingerprint density at radius 1 is 1.00 bits per heavy atom. The van der Waals surface area contributed by atoms with Gasteiger partial charge in [-0.05, 0) is 48.6 Å². The highest BCUT2D eigenvalue weighted by atomic mass is 16.5. The van der Waals surface area contributed by atoms with E-state index >= 15 is 0 Å². The lowest BCUT2D eigenvalue weighted by Gasteiger charge is -2.06. The maximum absolute atomic E-state index is 12.5. The van der Waals surface area contributed by atoms with Crippen molar-refractivity contribution in [3.8, 4) is 5.75 Å². The van der Waals surface area contributed by atoms with Gasteiger partial charge in [0.05, 0.1) is 10.9 Å². The molecule has 7 nitrogen and oxygen atoms in total. The molecule has 0 aliphatic carbocycles.